The second kappa shape index (κ2) is 6.65. The molecule has 1 aromatic rings. The molecule has 1 amide bonds. The number of rotatable bonds is 6. The lowest BCUT2D eigenvalue weighted by atomic mass is 10.0. The van der Waals surface area contributed by atoms with Gasteiger partial charge >= 0.3 is 24.0 Å². The number of nitrogens with one attached hydrogen (secondary N) is 1. The molecule has 0 aromatic heterocycles. The van der Waals surface area contributed by atoms with Crippen molar-refractivity contribution >= 4 is 11.9 Å². The van der Waals surface area contributed by atoms with E-state index < -0.39 is 42.4 Å². The molecule has 24 heavy (non-hydrogen) atoms. The van der Waals surface area contributed by atoms with Crippen LogP contribution in [-0.2, 0) is 16.0 Å². The van der Waals surface area contributed by atoms with E-state index in [2.05, 4.69) is 0 Å². The van der Waals surface area contributed by atoms with Gasteiger partial charge in [-0.1, -0.05) is 30.3 Å². The predicted octanol–water partition coefficient (Wildman–Crippen LogP) is 2.63. The summed E-state index contributed by atoms with van der Waals surface area (Å²) in [7, 11) is 0. The van der Waals surface area contributed by atoms with E-state index in [1.54, 1.807) is 0 Å². The fraction of sp³-hybridized carbons (Fsp3) is 0.385. The monoisotopic (exact) mass is 361 g/mol. The first-order valence-electron chi connectivity index (χ1n) is 6.20. The summed E-state index contributed by atoms with van der Waals surface area (Å²) in [5.74, 6) is -17.7. The molecule has 0 heterocycles. The predicted molar refractivity (Wildman–Crippen MR) is 65.7 cm³/mol. The van der Waals surface area contributed by atoms with E-state index in [4.69, 9.17) is 5.11 Å². The third-order valence-corrected chi connectivity index (χ3v) is 2.92. The van der Waals surface area contributed by atoms with Crippen LogP contribution >= 0.6 is 0 Å². The second-order valence-corrected chi connectivity index (χ2v) is 4.70. The van der Waals surface area contributed by atoms with Crippen molar-refractivity contribution in [3.8, 4) is 0 Å². The molecular weight excluding hydrogens is 351 g/mol. The Morgan fingerprint density at radius 3 is 1.92 bits per heavy atom. The smallest absolute Gasteiger partial charge is 0.460 e. The Labute approximate surface area is 130 Å². The van der Waals surface area contributed by atoms with Crippen molar-refractivity contribution in [2.75, 3.05) is 0 Å². The highest BCUT2D eigenvalue weighted by atomic mass is 19.4. The lowest BCUT2D eigenvalue weighted by Gasteiger charge is -2.28. The molecule has 0 spiro atoms. The Hall–Kier alpha value is -2.33. The number of aliphatic carboxylic acids is 1. The molecule has 0 unspecified atom stereocenters. The van der Waals surface area contributed by atoms with Crippen molar-refractivity contribution in [1.29, 1.82) is 0 Å². The summed E-state index contributed by atoms with van der Waals surface area (Å²) < 4.78 is 87.9. The summed E-state index contributed by atoms with van der Waals surface area (Å²) in [4.78, 5) is 22.1. The van der Waals surface area contributed by atoms with Gasteiger partial charge in [0.05, 0.1) is 0 Å². The molecule has 0 bridgehead atoms. The van der Waals surface area contributed by atoms with E-state index in [9.17, 15) is 40.3 Å². The van der Waals surface area contributed by atoms with Crippen LogP contribution in [0.1, 0.15) is 5.56 Å². The van der Waals surface area contributed by atoms with Gasteiger partial charge in [-0.25, -0.2) is 4.79 Å². The number of carbonyl (C=O) groups is 2. The maximum absolute atomic E-state index is 13.2. The van der Waals surface area contributed by atoms with Crippen molar-refractivity contribution < 1.29 is 45.4 Å². The number of carbonyl (C=O) groups excluding carboxylic acids is 1. The highest BCUT2D eigenvalue weighted by Crippen LogP contribution is 2.46. The molecular formula is C13H10F7NO3. The molecule has 0 aliphatic heterocycles. The first kappa shape index (κ1) is 19.7. The van der Waals surface area contributed by atoms with Crippen molar-refractivity contribution in [2.24, 2.45) is 0 Å². The molecule has 134 valence electrons. The van der Waals surface area contributed by atoms with Crippen molar-refractivity contribution in [1.82, 2.24) is 5.32 Å². The molecule has 2 N–H and O–H groups in total. The zero-order valence-corrected chi connectivity index (χ0v) is 11.6. The van der Waals surface area contributed by atoms with E-state index in [0.717, 1.165) is 5.32 Å². The normalized spacial score (nSPS) is 14.1. The van der Waals surface area contributed by atoms with Crippen LogP contribution in [0.15, 0.2) is 30.3 Å². The number of hydrogen-bond donors (Lipinski definition) is 2. The standard InChI is InChI=1S/C13H10F7NO3/c14-11(15,12(16,17)13(18,19)20)10(24)21-8(9(22)23)6-7-4-2-1-3-5-7/h1-5,8H,6H2,(H,21,24)(H,22,23)/t8-/m1/s1. The molecule has 0 saturated heterocycles. The summed E-state index contributed by atoms with van der Waals surface area (Å²) in [6, 6.07) is 5.02. The highest BCUT2D eigenvalue weighted by molar-refractivity contribution is 5.89. The Morgan fingerprint density at radius 1 is 1.00 bits per heavy atom. The van der Waals surface area contributed by atoms with Gasteiger partial charge in [-0.3, -0.25) is 4.79 Å². The summed E-state index contributed by atoms with van der Waals surface area (Å²) in [6.45, 7) is 0. The zero-order chi connectivity index (χ0) is 18.8. The molecule has 1 aromatic carbocycles. The quantitative estimate of drug-likeness (QED) is 0.766. The first-order valence-corrected chi connectivity index (χ1v) is 6.20. The van der Waals surface area contributed by atoms with Crippen LogP contribution < -0.4 is 5.32 Å². The number of halogens is 7. The fourth-order valence-corrected chi connectivity index (χ4v) is 1.62. The number of benzene rings is 1. The van der Waals surface area contributed by atoms with Crippen molar-refractivity contribution in [3.05, 3.63) is 35.9 Å². The summed E-state index contributed by atoms with van der Waals surface area (Å²) >= 11 is 0. The van der Waals surface area contributed by atoms with Gasteiger partial charge in [0.2, 0.25) is 0 Å². The maximum Gasteiger partial charge on any atom is 0.460 e. The Bertz CT molecular complexity index is 601. The van der Waals surface area contributed by atoms with Gasteiger partial charge in [0, 0.05) is 6.42 Å². The van der Waals surface area contributed by atoms with Crippen LogP contribution in [0.5, 0.6) is 0 Å². The average molecular weight is 361 g/mol. The Kier molecular flexibility index (Phi) is 5.47. The van der Waals surface area contributed by atoms with E-state index in [1.165, 1.54) is 30.3 Å². The largest absolute Gasteiger partial charge is 0.480 e. The van der Waals surface area contributed by atoms with Crippen LogP contribution in [-0.4, -0.2) is 41.0 Å². The Morgan fingerprint density at radius 2 is 1.50 bits per heavy atom. The molecule has 1 atom stereocenters. The first-order chi connectivity index (χ1) is 10.8. The van der Waals surface area contributed by atoms with Gasteiger partial charge in [0.15, 0.2) is 0 Å². The molecule has 0 saturated carbocycles. The molecule has 11 heteroatoms. The lowest BCUT2D eigenvalue weighted by Crippen LogP contribution is -2.61. The number of amides is 1. The van der Waals surface area contributed by atoms with Crippen LogP contribution in [0.4, 0.5) is 30.7 Å². The van der Waals surface area contributed by atoms with Gasteiger partial charge in [0.1, 0.15) is 6.04 Å². The minimum atomic E-state index is -6.69. The maximum atomic E-state index is 13.2. The number of hydrogen-bond acceptors (Lipinski definition) is 2. The number of alkyl halides is 7. The third-order valence-electron chi connectivity index (χ3n) is 2.92. The van der Waals surface area contributed by atoms with E-state index in [1.807, 2.05) is 0 Å². The number of carboxylic acid groups (broad SMARTS) is 1. The minimum absolute atomic E-state index is 0.232. The average Bonchev–Trinajstić information content (AvgIpc) is 2.45. The molecule has 0 aliphatic rings. The summed E-state index contributed by atoms with van der Waals surface area (Å²) in [5, 5.41) is 9.86. The Balaban J connectivity index is 2.98. The van der Waals surface area contributed by atoms with Gasteiger partial charge in [-0.15, -0.1) is 0 Å². The van der Waals surface area contributed by atoms with Gasteiger partial charge in [0.25, 0.3) is 5.91 Å². The molecule has 0 fully saturated rings. The minimum Gasteiger partial charge on any atom is -0.480 e. The zero-order valence-electron chi connectivity index (χ0n) is 11.6. The van der Waals surface area contributed by atoms with Crippen molar-refractivity contribution in [3.63, 3.8) is 0 Å². The van der Waals surface area contributed by atoms with E-state index >= 15 is 0 Å². The number of carboxylic acids is 1. The SMILES string of the molecule is O=C(O)[C@@H](Cc1ccccc1)NC(=O)C(F)(F)C(F)(F)C(F)(F)F. The van der Waals surface area contributed by atoms with Crippen LogP contribution in [0.2, 0.25) is 0 Å². The highest BCUT2D eigenvalue weighted by Gasteiger charge is 2.76. The van der Waals surface area contributed by atoms with E-state index in [-0.39, 0.29) is 5.56 Å². The molecule has 4 nitrogen and oxygen atoms in total. The lowest BCUT2D eigenvalue weighted by molar-refractivity contribution is -0.344. The summed E-state index contributed by atoms with van der Waals surface area (Å²) in [6.07, 6.45) is -7.28. The van der Waals surface area contributed by atoms with Crippen LogP contribution in [0, 0.1) is 0 Å². The van der Waals surface area contributed by atoms with E-state index in [0.29, 0.717) is 0 Å². The molecule has 0 aliphatic carbocycles. The van der Waals surface area contributed by atoms with Crippen LogP contribution in [0.25, 0.3) is 0 Å². The van der Waals surface area contributed by atoms with Gasteiger partial charge in [-0.05, 0) is 5.56 Å². The molecule has 0 radical (unpaired) electrons. The molecule has 1 rings (SSSR count). The van der Waals surface area contributed by atoms with Gasteiger partial charge < -0.3 is 10.4 Å². The summed E-state index contributed by atoms with van der Waals surface area (Å²) in [5.41, 5.74) is 0.232. The van der Waals surface area contributed by atoms with Gasteiger partial charge in [-0.2, -0.15) is 30.7 Å². The van der Waals surface area contributed by atoms with Crippen molar-refractivity contribution in [2.45, 2.75) is 30.5 Å². The topological polar surface area (TPSA) is 66.4 Å². The third kappa shape index (κ3) is 3.95. The second-order valence-electron chi connectivity index (χ2n) is 4.70. The fourth-order valence-electron chi connectivity index (χ4n) is 1.62. The van der Waals surface area contributed by atoms with Crippen LogP contribution in [0.3, 0.4) is 0 Å².